The molecule has 2 aromatic rings. The number of H-pyrrole nitrogens is 1. The van der Waals surface area contributed by atoms with Gasteiger partial charge in [-0.2, -0.15) is 0 Å². The van der Waals surface area contributed by atoms with Gasteiger partial charge in [0, 0.05) is 22.1 Å². The van der Waals surface area contributed by atoms with Crippen LogP contribution in [0.2, 0.25) is 0 Å². The Morgan fingerprint density at radius 1 is 1.40 bits per heavy atom. The highest BCUT2D eigenvalue weighted by molar-refractivity contribution is 9.10. The van der Waals surface area contributed by atoms with E-state index in [1.165, 1.54) is 0 Å². The molecule has 0 unspecified atom stereocenters. The van der Waals surface area contributed by atoms with Crippen LogP contribution in [-0.4, -0.2) is 4.98 Å². The fraction of sp³-hybridized carbons (Fsp3) is 0. The van der Waals surface area contributed by atoms with E-state index in [2.05, 4.69) is 27.0 Å². The molecule has 2 rings (SSSR count). The highest BCUT2D eigenvalue weighted by Crippen LogP contribution is 2.20. The second kappa shape index (κ2) is 2.13. The Hall–Kier alpha value is -0.760. The summed E-state index contributed by atoms with van der Waals surface area (Å²) < 4.78 is 1.09. The van der Waals surface area contributed by atoms with Gasteiger partial charge in [-0.05, 0) is 22.0 Å². The standard InChI is InChI=1S/C8H5BrN/c9-7-3-1-2-6-4-5-10-8(6)7/h1-3,5,10H. The largest absolute Gasteiger partial charge is 0.360 e. The van der Waals surface area contributed by atoms with Crippen molar-refractivity contribution >= 4 is 26.8 Å². The second-order valence-electron chi connectivity index (χ2n) is 2.10. The van der Waals surface area contributed by atoms with E-state index in [4.69, 9.17) is 0 Å². The summed E-state index contributed by atoms with van der Waals surface area (Å²) >= 11 is 3.42. The highest BCUT2D eigenvalue weighted by Gasteiger charge is 1.95. The summed E-state index contributed by atoms with van der Waals surface area (Å²) in [5, 5.41) is 1.12. The van der Waals surface area contributed by atoms with Crippen LogP contribution in [-0.2, 0) is 0 Å². The quantitative estimate of drug-likeness (QED) is 0.665. The second-order valence-corrected chi connectivity index (χ2v) is 2.95. The molecule has 2 heteroatoms. The number of para-hydroxylation sites is 1. The molecule has 10 heavy (non-hydrogen) atoms. The lowest BCUT2D eigenvalue weighted by atomic mass is 10.3. The lowest BCUT2D eigenvalue weighted by molar-refractivity contribution is 1.46. The molecule has 1 heterocycles. The topological polar surface area (TPSA) is 15.8 Å². The summed E-state index contributed by atoms with van der Waals surface area (Å²) in [5.74, 6) is 0. The molecule has 0 atom stereocenters. The number of rotatable bonds is 0. The van der Waals surface area contributed by atoms with Crippen LogP contribution in [0.25, 0.3) is 10.9 Å². The summed E-state index contributed by atoms with van der Waals surface area (Å²) in [6.45, 7) is 0. The van der Waals surface area contributed by atoms with E-state index in [9.17, 15) is 0 Å². The monoisotopic (exact) mass is 194 g/mol. The van der Waals surface area contributed by atoms with Crippen molar-refractivity contribution in [1.82, 2.24) is 4.98 Å². The zero-order valence-corrected chi connectivity index (χ0v) is 6.77. The molecule has 0 bridgehead atoms. The first kappa shape index (κ1) is 5.98. The molecule has 0 amide bonds. The van der Waals surface area contributed by atoms with Crippen LogP contribution in [0.3, 0.4) is 0 Å². The minimum atomic E-state index is 1.09. The Bertz CT molecular complexity index is 351. The smallest absolute Gasteiger partial charge is 0.0604 e. The van der Waals surface area contributed by atoms with Crippen molar-refractivity contribution in [3.8, 4) is 0 Å². The maximum Gasteiger partial charge on any atom is 0.0604 e. The van der Waals surface area contributed by atoms with E-state index in [1.54, 1.807) is 0 Å². The van der Waals surface area contributed by atoms with E-state index >= 15 is 0 Å². The van der Waals surface area contributed by atoms with Crippen molar-refractivity contribution in [1.29, 1.82) is 0 Å². The van der Waals surface area contributed by atoms with Crippen molar-refractivity contribution in [2.75, 3.05) is 0 Å². The van der Waals surface area contributed by atoms with E-state index < -0.39 is 0 Å². The molecule has 0 aliphatic heterocycles. The SMILES string of the molecule is Brc1cccc2[c]c[nH]c12. The Morgan fingerprint density at radius 3 is 3.10 bits per heavy atom. The van der Waals surface area contributed by atoms with Gasteiger partial charge in [-0.15, -0.1) is 0 Å². The normalized spacial score (nSPS) is 10.5. The van der Waals surface area contributed by atoms with Gasteiger partial charge in [-0.3, -0.25) is 0 Å². The molecular formula is C8H5BrN. The van der Waals surface area contributed by atoms with E-state index in [0.29, 0.717) is 0 Å². The molecule has 0 fully saturated rings. The summed E-state index contributed by atoms with van der Waals surface area (Å²) in [6, 6.07) is 9.10. The Morgan fingerprint density at radius 2 is 2.30 bits per heavy atom. The fourth-order valence-corrected chi connectivity index (χ4v) is 1.46. The van der Waals surface area contributed by atoms with E-state index in [1.807, 2.05) is 24.4 Å². The maximum atomic E-state index is 3.42. The molecule has 49 valence electrons. The van der Waals surface area contributed by atoms with Crippen molar-refractivity contribution in [2.24, 2.45) is 0 Å². The third-order valence-corrected chi connectivity index (χ3v) is 2.12. The number of nitrogens with one attached hydrogen (secondary N) is 1. The van der Waals surface area contributed by atoms with Gasteiger partial charge in [0.2, 0.25) is 0 Å². The number of aromatic amines is 1. The molecule has 1 radical (unpaired) electrons. The molecule has 0 saturated carbocycles. The van der Waals surface area contributed by atoms with Gasteiger partial charge in [0.25, 0.3) is 0 Å². The van der Waals surface area contributed by atoms with Crippen molar-refractivity contribution in [2.45, 2.75) is 0 Å². The summed E-state index contributed by atoms with van der Waals surface area (Å²) in [7, 11) is 0. The van der Waals surface area contributed by atoms with Crippen LogP contribution < -0.4 is 0 Å². The zero-order chi connectivity index (χ0) is 6.97. The predicted molar refractivity (Wildman–Crippen MR) is 44.8 cm³/mol. The van der Waals surface area contributed by atoms with Gasteiger partial charge in [-0.1, -0.05) is 12.1 Å². The van der Waals surface area contributed by atoms with Gasteiger partial charge in [0.05, 0.1) is 5.52 Å². The van der Waals surface area contributed by atoms with Crippen molar-refractivity contribution < 1.29 is 0 Å². The van der Waals surface area contributed by atoms with Gasteiger partial charge in [0.15, 0.2) is 0 Å². The van der Waals surface area contributed by atoms with Crippen LogP contribution in [0.1, 0.15) is 0 Å². The third kappa shape index (κ3) is 0.762. The van der Waals surface area contributed by atoms with Crippen LogP contribution in [0.5, 0.6) is 0 Å². The fourth-order valence-electron chi connectivity index (χ4n) is 0.977. The number of hydrogen-bond donors (Lipinski definition) is 1. The highest BCUT2D eigenvalue weighted by atomic mass is 79.9. The third-order valence-electron chi connectivity index (χ3n) is 1.46. The van der Waals surface area contributed by atoms with Gasteiger partial charge < -0.3 is 4.98 Å². The lowest BCUT2D eigenvalue weighted by Gasteiger charge is -1.90. The number of hydrogen-bond acceptors (Lipinski definition) is 0. The Kier molecular flexibility index (Phi) is 1.27. The first-order valence-electron chi connectivity index (χ1n) is 3.01. The molecule has 0 aliphatic carbocycles. The number of halogens is 1. The minimum Gasteiger partial charge on any atom is -0.360 e. The van der Waals surface area contributed by atoms with Crippen LogP contribution in [0.15, 0.2) is 28.9 Å². The van der Waals surface area contributed by atoms with Crippen LogP contribution >= 0.6 is 15.9 Å². The average Bonchev–Trinajstić information content (AvgIpc) is 2.36. The van der Waals surface area contributed by atoms with Gasteiger partial charge in [0.1, 0.15) is 0 Å². The molecule has 1 N–H and O–H groups in total. The molecule has 0 saturated heterocycles. The van der Waals surface area contributed by atoms with Crippen molar-refractivity contribution in [3.05, 3.63) is 34.9 Å². The summed E-state index contributed by atoms with van der Waals surface area (Å²) in [6.07, 6.45) is 1.81. The first-order valence-corrected chi connectivity index (χ1v) is 3.80. The Labute approximate surface area is 67.2 Å². The minimum absolute atomic E-state index is 1.09. The molecule has 1 nitrogen and oxygen atoms in total. The molecule has 1 aromatic heterocycles. The molecular weight excluding hydrogens is 190 g/mol. The predicted octanol–water partition coefficient (Wildman–Crippen LogP) is 2.73. The Balaban J connectivity index is 2.95. The first-order chi connectivity index (χ1) is 4.88. The van der Waals surface area contributed by atoms with E-state index in [-0.39, 0.29) is 0 Å². The maximum absolute atomic E-state index is 3.42. The number of benzene rings is 1. The summed E-state index contributed by atoms with van der Waals surface area (Å²) in [4.78, 5) is 3.09. The molecule has 0 aliphatic rings. The molecule has 0 spiro atoms. The van der Waals surface area contributed by atoms with Crippen molar-refractivity contribution in [3.63, 3.8) is 0 Å². The molecule has 1 aromatic carbocycles. The summed E-state index contributed by atoms with van der Waals surface area (Å²) in [5.41, 5.74) is 1.11. The van der Waals surface area contributed by atoms with E-state index in [0.717, 1.165) is 15.4 Å². The van der Waals surface area contributed by atoms with Gasteiger partial charge >= 0.3 is 0 Å². The number of fused-ring (bicyclic) bond motifs is 1. The lowest BCUT2D eigenvalue weighted by Crippen LogP contribution is -1.67. The van der Waals surface area contributed by atoms with Crippen LogP contribution in [0, 0.1) is 6.07 Å². The zero-order valence-electron chi connectivity index (χ0n) is 5.19. The van der Waals surface area contributed by atoms with Gasteiger partial charge in [-0.25, -0.2) is 0 Å². The average molecular weight is 195 g/mol. The van der Waals surface area contributed by atoms with Crippen LogP contribution in [0.4, 0.5) is 0 Å². The number of aromatic nitrogens is 1.